The summed E-state index contributed by atoms with van der Waals surface area (Å²) >= 11 is 9.10. The van der Waals surface area contributed by atoms with E-state index in [4.69, 9.17) is 20.9 Å². The second-order valence-corrected chi connectivity index (χ2v) is 5.97. The fraction of sp³-hybridized carbons (Fsp3) is 0.875. The molecule has 0 aromatic carbocycles. The van der Waals surface area contributed by atoms with E-state index in [9.17, 15) is 0 Å². The Balaban J connectivity index is 0. The van der Waals surface area contributed by atoms with Crippen molar-refractivity contribution in [2.45, 2.75) is 78.1 Å². The van der Waals surface area contributed by atoms with E-state index in [1.165, 1.54) is 51.4 Å². The molecule has 0 unspecified atom stereocenters. The summed E-state index contributed by atoms with van der Waals surface area (Å²) in [5.41, 5.74) is 10.3. The average molecular weight is 351 g/mol. The van der Waals surface area contributed by atoms with Crippen molar-refractivity contribution in [3.8, 4) is 0 Å². The molecule has 0 heterocycles. The monoisotopic (exact) mass is 350 g/mol. The molecule has 0 aliphatic rings. The summed E-state index contributed by atoms with van der Waals surface area (Å²) in [7, 11) is 0. The molecule has 0 atom stereocenters. The van der Waals surface area contributed by atoms with Gasteiger partial charge in [0.1, 0.15) is 0 Å². The molecule has 0 aliphatic heterocycles. The van der Waals surface area contributed by atoms with Crippen LogP contribution in [0.1, 0.15) is 78.1 Å². The zero-order chi connectivity index (χ0) is 17.1. The predicted molar refractivity (Wildman–Crippen MR) is 103 cm³/mol. The number of nitrogens with two attached hydrogens (primary N) is 2. The molecule has 0 rings (SSSR count). The van der Waals surface area contributed by atoms with Crippen LogP contribution >= 0.6 is 24.4 Å². The van der Waals surface area contributed by atoms with Gasteiger partial charge in [0.25, 0.3) is 10.3 Å². The molecule has 0 amide bonds. The number of hydrogen-bond acceptors (Lipinski definition) is 4. The van der Waals surface area contributed by atoms with Gasteiger partial charge in [0, 0.05) is 0 Å². The molecular weight excluding hydrogens is 316 g/mol. The summed E-state index contributed by atoms with van der Waals surface area (Å²) in [4.78, 5) is 0. The summed E-state index contributed by atoms with van der Waals surface area (Å²) in [5.74, 6) is 0. The van der Waals surface area contributed by atoms with Gasteiger partial charge in [-0.25, -0.2) is 0 Å². The summed E-state index contributed by atoms with van der Waals surface area (Å²) in [6.07, 6.45) is 12.3. The van der Waals surface area contributed by atoms with Crippen molar-refractivity contribution >= 4 is 34.8 Å². The fourth-order valence-corrected chi connectivity index (χ4v) is 1.92. The molecule has 22 heavy (non-hydrogen) atoms. The maximum atomic E-state index is 5.14. The van der Waals surface area contributed by atoms with Crippen LogP contribution < -0.4 is 11.5 Å². The highest BCUT2D eigenvalue weighted by molar-refractivity contribution is 7.80. The minimum atomic E-state index is 0.167. The van der Waals surface area contributed by atoms with Crippen LogP contribution in [-0.4, -0.2) is 23.6 Å². The number of unbranched alkanes of at least 4 members (excludes halogenated alkanes) is 8. The van der Waals surface area contributed by atoms with E-state index in [1.54, 1.807) is 0 Å². The van der Waals surface area contributed by atoms with Gasteiger partial charge in [-0.3, -0.25) is 0 Å². The highest BCUT2D eigenvalue weighted by atomic mass is 32.1. The summed E-state index contributed by atoms with van der Waals surface area (Å²) in [6, 6.07) is 0. The number of thiocarbonyl (C=S) groups is 2. The quantitative estimate of drug-likeness (QED) is 0.401. The Morgan fingerprint density at radius 3 is 1.23 bits per heavy atom. The maximum absolute atomic E-state index is 5.14. The van der Waals surface area contributed by atoms with E-state index in [2.05, 4.69) is 38.3 Å². The van der Waals surface area contributed by atoms with E-state index in [1.807, 2.05) is 0 Å². The Kier molecular flexibility index (Phi) is 21.9. The third kappa shape index (κ3) is 27.7. The van der Waals surface area contributed by atoms with Crippen LogP contribution in [0.2, 0.25) is 0 Å². The molecule has 0 aromatic rings. The van der Waals surface area contributed by atoms with E-state index in [0.717, 1.165) is 12.8 Å². The van der Waals surface area contributed by atoms with Gasteiger partial charge < -0.3 is 20.9 Å². The normalized spacial score (nSPS) is 9.55. The molecule has 0 aliphatic carbocycles. The van der Waals surface area contributed by atoms with Crippen LogP contribution in [0.25, 0.3) is 0 Å². The van der Waals surface area contributed by atoms with Crippen LogP contribution in [0.3, 0.4) is 0 Å². The van der Waals surface area contributed by atoms with Crippen molar-refractivity contribution in [2.24, 2.45) is 11.5 Å². The molecule has 132 valence electrons. The molecule has 4 nitrogen and oxygen atoms in total. The van der Waals surface area contributed by atoms with Gasteiger partial charge in [0.05, 0.1) is 13.2 Å². The Morgan fingerprint density at radius 1 is 0.636 bits per heavy atom. The van der Waals surface area contributed by atoms with Crippen molar-refractivity contribution in [1.82, 2.24) is 0 Å². The summed E-state index contributed by atoms with van der Waals surface area (Å²) in [5, 5.41) is 0.334. The zero-order valence-corrected chi connectivity index (χ0v) is 15.9. The van der Waals surface area contributed by atoms with Gasteiger partial charge in [0.2, 0.25) is 0 Å². The van der Waals surface area contributed by atoms with Crippen molar-refractivity contribution in [1.29, 1.82) is 0 Å². The second-order valence-electron chi connectivity index (χ2n) is 5.16. The lowest BCUT2D eigenvalue weighted by atomic mass is 10.2. The molecule has 6 heteroatoms. The lowest BCUT2D eigenvalue weighted by Crippen LogP contribution is -2.13. The highest BCUT2D eigenvalue weighted by Gasteiger charge is 1.91. The second kappa shape index (κ2) is 20.4. The van der Waals surface area contributed by atoms with Crippen LogP contribution in [0.5, 0.6) is 0 Å². The van der Waals surface area contributed by atoms with Gasteiger partial charge >= 0.3 is 0 Å². The molecule has 4 N–H and O–H groups in total. The lowest BCUT2D eigenvalue weighted by Gasteiger charge is -2.01. The molecule has 0 saturated carbocycles. The lowest BCUT2D eigenvalue weighted by molar-refractivity contribution is 0.295. The van der Waals surface area contributed by atoms with Crippen molar-refractivity contribution in [3.05, 3.63) is 0 Å². The molecule has 0 bridgehead atoms. The van der Waals surface area contributed by atoms with Crippen LogP contribution in [0.15, 0.2) is 0 Å². The topological polar surface area (TPSA) is 70.5 Å². The van der Waals surface area contributed by atoms with Gasteiger partial charge in [-0.15, -0.1) is 0 Å². The van der Waals surface area contributed by atoms with Gasteiger partial charge in [-0.2, -0.15) is 0 Å². The van der Waals surface area contributed by atoms with E-state index in [-0.39, 0.29) is 10.3 Å². The van der Waals surface area contributed by atoms with Crippen LogP contribution in [-0.2, 0) is 9.47 Å². The highest BCUT2D eigenvalue weighted by Crippen LogP contribution is 2.02. The first-order chi connectivity index (χ1) is 10.5. The SMILES string of the molecule is CCCCCCCOC(N)=S.CCCCCCCOC(N)=S. The molecular formula is C16H34N2O2S2. The largest absolute Gasteiger partial charge is 0.471 e. The van der Waals surface area contributed by atoms with Gasteiger partial charge in [0.15, 0.2) is 0 Å². The molecule has 0 saturated heterocycles. The van der Waals surface area contributed by atoms with Gasteiger partial charge in [-0.1, -0.05) is 65.2 Å². The van der Waals surface area contributed by atoms with Crippen molar-refractivity contribution in [3.63, 3.8) is 0 Å². The molecule has 0 fully saturated rings. The maximum Gasteiger partial charge on any atom is 0.253 e. The minimum Gasteiger partial charge on any atom is -0.471 e. The Morgan fingerprint density at radius 2 is 0.955 bits per heavy atom. The van der Waals surface area contributed by atoms with E-state index < -0.39 is 0 Å². The number of ether oxygens (including phenoxy) is 2. The van der Waals surface area contributed by atoms with Crippen molar-refractivity contribution < 1.29 is 9.47 Å². The third-order valence-electron chi connectivity index (χ3n) is 2.98. The third-order valence-corrected chi connectivity index (χ3v) is 3.22. The molecule has 0 spiro atoms. The Labute approximate surface area is 147 Å². The minimum absolute atomic E-state index is 0.167. The first-order valence-corrected chi connectivity index (χ1v) is 9.20. The zero-order valence-electron chi connectivity index (χ0n) is 14.3. The number of hydrogen-bond donors (Lipinski definition) is 2. The Bertz CT molecular complexity index is 239. The van der Waals surface area contributed by atoms with Gasteiger partial charge in [-0.05, 0) is 37.3 Å². The average Bonchev–Trinajstić information content (AvgIpc) is 2.46. The van der Waals surface area contributed by atoms with Crippen LogP contribution in [0, 0.1) is 0 Å². The Hall–Kier alpha value is -0.620. The van der Waals surface area contributed by atoms with Crippen molar-refractivity contribution in [2.75, 3.05) is 13.2 Å². The summed E-state index contributed by atoms with van der Waals surface area (Å²) in [6.45, 7) is 5.76. The van der Waals surface area contributed by atoms with E-state index in [0.29, 0.717) is 13.2 Å². The standard InChI is InChI=1S/2C8H17NOS/c2*1-2-3-4-5-6-7-10-8(9)11/h2*2-7H2,1H3,(H2,9,11). The predicted octanol–water partition coefficient (Wildman–Crippen LogP) is 4.43. The molecule has 0 aromatic heterocycles. The first-order valence-electron chi connectivity index (χ1n) is 8.39. The first kappa shape index (κ1) is 23.6. The smallest absolute Gasteiger partial charge is 0.253 e. The summed E-state index contributed by atoms with van der Waals surface area (Å²) < 4.78 is 9.86. The number of rotatable bonds is 12. The molecule has 0 radical (unpaired) electrons. The van der Waals surface area contributed by atoms with E-state index >= 15 is 0 Å². The van der Waals surface area contributed by atoms with Crippen LogP contribution in [0.4, 0.5) is 0 Å². The fourth-order valence-electron chi connectivity index (χ4n) is 1.76.